The molecule has 1 aromatic heterocycles. The zero-order valence-corrected chi connectivity index (χ0v) is 16.8. The van der Waals surface area contributed by atoms with Crippen molar-refractivity contribution >= 4 is 29.5 Å². The second-order valence-corrected chi connectivity index (χ2v) is 7.04. The molecule has 0 saturated carbocycles. The van der Waals surface area contributed by atoms with Gasteiger partial charge in [-0.2, -0.15) is 0 Å². The monoisotopic (exact) mass is 400 g/mol. The highest BCUT2D eigenvalue weighted by atomic mass is 16.6. The van der Waals surface area contributed by atoms with E-state index in [0.717, 1.165) is 22.9 Å². The Hall–Kier alpha value is -3.42. The number of carbonyl (C=O) groups excluding carboxylic acids is 2. The lowest BCUT2D eigenvalue weighted by Gasteiger charge is -2.20. The van der Waals surface area contributed by atoms with Gasteiger partial charge in [-0.05, 0) is 35.1 Å². The SMILES string of the molecule is CC(C)c1cccc(C(C)C)c1NC(=O)COC(=O)/C=C/c1ccc([N+](=O)[O-])o1. The van der Waals surface area contributed by atoms with Crippen LogP contribution in [-0.4, -0.2) is 23.4 Å². The summed E-state index contributed by atoms with van der Waals surface area (Å²) in [6, 6.07) is 8.42. The van der Waals surface area contributed by atoms with Gasteiger partial charge in [-0.25, -0.2) is 4.79 Å². The number of hydrogen-bond acceptors (Lipinski definition) is 6. The van der Waals surface area contributed by atoms with Crippen LogP contribution in [0.4, 0.5) is 11.6 Å². The highest BCUT2D eigenvalue weighted by Gasteiger charge is 2.16. The highest BCUT2D eigenvalue weighted by molar-refractivity contribution is 5.95. The molecule has 0 spiro atoms. The Kier molecular flexibility index (Phi) is 7.30. The molecule has 0 aliphatic rings. The average Bonchev–Trinajstić information content (AvgIpc) is 3.14. The van der Waals surface area contributed by atoms with Crippen molar-refractivity contribution in [2.45, 2.75) is 39.5 Å². The van der Waals surface area contributed by atoms with Crippen LogP contribution in [0.3, 0.4) is 0 Å². The van der Waals surface area contributed by atoms with E-state index in [9.17, 15) is 19.7 Å². The number of amides is 1. The summed E-state index contributed by atoms with van der Waals surface area (Å²) in [6.45, 7) is 7.71. The van der Waals surface area contributed by atoms with Crippen LogP contribution in [0, 0.1) is 10.1 Å². The smallest absolute Gasteiger partial charge is 0.433 e. The first-order valence-corrected chi connectivity index (χ1v) is 9.20. The molecule has 0 aliphatic carbocycles. The summed E-state index contributed by atoms with van der Waals surface area (Å²) < 4.78 is 9.84. The lowest BCUT2D eigenvalue weighted by molar-refractivity contribution is -0.402. The van der Waals surface area contributed by atoms with Crippen LogP contribution < -0.4 is 5.32 Å². The topological polar surface area (TPSA) is 112 Å². The van der Waals surface area contributed by atoms with Gasteiger partial charge in [0.1, 0.15) is 10.7 Å². The predicted molar refractivity (Wildman–Crippen MR) is 109 cm³/mol. The molecule has 1 N–H and O–H groups in total. The van der Waals surface area contributed by atoms with Crippen molar-refractivity contribution in [3.05, 3.63) is 63.4 Å². The summed E-state index contributed by atoms with van der Waals surface area (Å²) in [7, 11) is 0. The number of furan rings is 1. The van der Waals surface area contributed by atoms with Crippen molar-refractivity contribution in [2.24, 2.45) is 0 Å². The molecule has 0 aliphatic heterocycles. The van der Waals surface area contributed by atoms with Gasteiger partial charge in [-0.15, -0.1) is 0 Å². The van der Waals surface area contributed by atoms with Gasteiger partial charge in [0.2, 0.25) is 0 Å². The first kappa shape index (κ1) is 21.9. The quantitative estimate of drug-likeness (QED) is 0.299. The van der Waals surface area contributed by atoms with E-state index >= 15 is 0 Å². The standard InChI is InChI=1S/C21H24N2O6/c1-13(2)16-6-5-7-17(14(3)4)21(16)22-18(24)12-28-20(25)11-9-15-8-10-19(29-15)23(26)27/h5-11,13-14H,12H2,1-4H3,(H,22,24)/b11-9+. The summed E-state index contributed by atoms with van der Waals surface area (Å²) in [4.78, 5) is 34.0. The first-order valence-electron chi connectivity index (χ1n) is 9.20. The minimum atomic E-state index is -0.763. The lowest BCUT2D eigenvalue weighted by Crippen LogP contribution is -2.22. The van der Waals surface area contributed by atoms with Crippen molar-refractivity contribution in [2.75, 3.05) is 11.9 Å². The summed E-state index contributed by atoms with van der Waals surface area (Å²) in [5.41, 5.74) is 2.77. The van der Waals surface area contributed by atoms with Gasteiger partial charge in [0, 0.05) is 11.8 Å². The van der Waals surface area contributed by atoms with Crippen LogP contribution in [0.2, 0.25) is 0 Å². The number of nitro groups is 1. The van der Waals surface area contributed by atoms with Crippen LogP contribution in [-0.2, 0) is 14.3 Å². The van der Waals surface area contributed by atoms with Gasteiger partial charge in [0.15, 0.2) is 6.61 Å². The van der Waals surface area contributed by atoms with Crippen LogP contribution >= 0.6 is 0 Å². The van der Waals surface area contributed by atoms with Crippen LogP contribution in [0.5, 0.6) is 0 Å². The van der Waals surface area contributed by atoms with Gasteiger partial charge in [-0.1, -0.05) is 45.9 Å². The first-order chi connectivity index (χ1) is 13.7. The molecule has 8 heteroatoms. The number of hydrogen-bond donors (Lipinski definition) is 1. The van der Waals surface area contributed by atoms with Crippen LogP contribution in [0.1, 0.15) is 56.4 Å². The largest absolute Gasteiger partial charge is 0.452 e. The molecule has 1 aromatic carbocycles. The van der Waals surface area contributed by atoms with Crippen LogP contribution in [0.15, 0.2) is 40.8 Å². The Balaban J connectivity index is 1.98. The van der Waals surface area contributed by atoms with E-state index in [-0.39, 0.29) is 17.6 Å². The minimum Gasteiger partial charge on any atom is -0.452 e. The molecule has 154 valence electrons. The molecule has 0 bridgehead atoms. The average molecular weight is 400 g/mol. The summed E-state index contributed by atoms with van der Waals surface area (Å²) in [5, 5.41) is 13.4. The molecule has 8 nitrogen and oxygen atoms in total. The second-order valence-electron chi connectivity index (χ2n) is 7.04. The third-order valence-corrected chi connectivity index (χ3v) is 4.16. The van der Waals surface area contributed by atoms with Crippen molar-refractivity contribution in [1.29, 1.82) is 0 Å². The fraction of sp³-hybridized carbons (Fsp3) is 0.333. The fourth-order valence-corrected chi connectivity index (χ4v) is 2.74. The number of esters is 1. The number of ether oxygens (including phenoxy) is 1. The number of rotatable bonds is 8. The van der Waals surface area contributed by atoms with Gasteiger partial charge in [0.25, 0.3) is 5.91 Å². The van der Waals surface area contributed by atoms with E-state index in [1.807, 2.05) is 45.9 Å². The van der Waals surface area contributed by atoms with Crippen molar-refractivity contribution < 1.29 is 23.7 Å². The number of anilines is 1. The number of nitrogens with one attached hydrogen (secondary N) is 1. The minimum absolute atomic E-state index is 0.130. The summed E-state index contributed by atoms with van der Waals surface area (Å²) >= 11 is 0. The molecule has 2 aromatic rings. The third-order valence-electron chi connectivity index (χ3n) is 4.16. The normalized spacial score (nSPS) is 11.2. The summed E-state index contributed by atoms with van der Waals surface area (Å²) in [6.07, 6.45) is 2.27. The molecular formula is C21H24N2O6. The fourth-order valence-electron chi connectivity index (χ4n) is 2.74. The molecular weight excluding hydrogens is 376 g/mol. The molecule has 1 amide bonds. The summed E-state index contributed by atoms with van der Waals surface area (Å²) in [5.74, 6) is -1.08. The van der Waals surface area contributed by atoms with Crippen molar-refractivity contribution in [3.8, 4) is 0 Å². The van der Waals surface area contributed by atoms with Crippen molar-refractivity contribution in [1.82, 2.24) is 0 Å². The maximum absolute atomic E-state index is 12.3. The molecule has 0 unspecified atom stereocenters. The highest BCUT2D eigenvalue weighted by Crippen LogP contribution is 2.32. The predicted octanol–water partition coefficient (Wildman–Crippen LogP) is 4.63. The number of benzene rings is 1. The molecule has 0 radical (unpaired) electrons. The Labute approximate surface area is 168 Å². The van der Waals surface area contributed by atoms with Gasteiger partial charge in [-0.3, -0.25) is 14.9 Å². The van der Waals surface area contributed by atoms with E-state index in [1.165, 1.54) is 18.2 Å². The number of nitrogens with zero attached hydrogens (tertiary/aromatic N) is 1. The van der Waals surface area contributed by atoms with E-state index in [2.05, 4.69) is 5.32 Å². The van der Waals surface area contributed by atoms with Crippen LogP contribution in [0.25, 0.3) is 6.08 Å². The number of para-hydroxylation sites is 1. The Bertz CT molecular complexity index is 901. The van der Waals surface area contributed by atoms with Gasteiger partial charge in [0.05, 0.1) is 6.07 Å². The molecule has 0 atom stereocenters. The lowest BCUT2D eigenvalue weighted by atomic mass is 9.92. The maximum Gasteiger partial charge on any atom is 0.433 e. The Morgan fingerprint density at radius 2 is 1.76 bits per heavy atom. The van der Waals surface area contributed by atoms with E-state index < -0.39 is 29.3 Å². The second kappa shape index (κ2) is 9.68. The van der Waals surface area contributed by atoms with Gasteiger partial charge < -0.3 is 14.5 Å². The zero-order chi connectivity index (χ0) is 21.6. The van der Waals surface area contributed by atoms with E-state index in [4.69, 9.17) is 9.15 Å². The molecule has 29 heavy (non-hydrogen) atoms. The zero-order valence-electron chi connectivity index (χ0n) is 16.8. The Morgan fingerprint density at radius 1 is 1.14 bits per heavy atom. The van der Waals surface area contributed by atoms with E-state index in [1.54, 1.807) is 0 Å². The van der Waals surface area contributed by atoms with E-state index in [0.29, 0.717) is 0 Å². The third kappa shape index (κ3) is 6.03. The maximum atomic E-state index is 12.3. The number of carbonyl (C=O) groups is 2. The Morgan fingerprint density at radius 3 is 2.28 bits per heavy atom. The van der Waals surface area contributed by atoms with Crippen molar-refractivity contribution in [3.63, 3.8) is 0 Å². The molecule has 2 rings (SSSR count). The molecule has 1 heterocycles. The molecule has 0 saturated heterocycles. The van der Waals surface area contributed by atoms with Gasteiger partial charge >= 0.3 is 11.9 Å². The molecule has 0 fully saturated rings.